The maximum Gasteiger partial charge on any atom is 0.490 e. The van der Waals surface area contributed by atoms with Gasteiger partial charge in [0, 0.05) is 6.20 Å². The van der Waals surface area contributed by atoms with Gasteiger partial charge in [0.2, 0.25) is 10.4 Å². The predicted molar refractivity (Wildman–Crippen MR) is 97.1 cm³/mol. The van der Waals surface area contributed by atoms with Crippen molar-refractivity contribution in [1.29, 1.82) is 0 Å². The minimum absolute atomic E-state index is 0.145. The Morgan fingerprint density at radius 1 is 1.22 bits per heavy atom. The van der Waals surface area contributed by atoms with Crippen LogP contribution in [0.2, 0.25) is 0 Å². The third kappa shape index (κ3) is 6.21. The van der Waals surface area contributed by atoms with Gasteiger partial charge in [0.25, 0.3) is 5.85 Å². The first-order valence-corrected chi connectivity index (χ1v) is 12.7. The van der Waals surface area contributed by atoms with Crippen LogP contribution in [-0.4, -0.2) is 65.1 Å². The molecule has 0 saturated carbocycles. The fourth-order valence-electron chi connectivity index (χ4n) is 2.46. The molecule has 0 radical (unpaired) electrons. The molecule has 1 fully saturated rings. The minimum atomic E-state index is -5.94. The van der Waals surface area contributed by atoms with Crippen LogP contribution in [0.15, 0.2) is 12.3 Å². The number of aliphatic hydroxyl groups is 1. The van der Waals surface area contributed by atoms with Crippen LogP contribution in [0.25, 0.3) is 0 Å². The van der Waals surface area contributed by atoms with Crippen LogP contribution in [0, 0.1) is 4.77 Å². The van der Waals surface area contributed by atoms with E-state index >= 15 is 8.78 Å². The summed E-state index contributed by atoms with van der Waals surface area (Å²) in [6.45, 7) is -3.96. The fourth-order valence-corrected chi connectivity index (χ4v) is 5.75. The van der Waals surface area contributed by atoms with E-state index in [1.165, 1.54) is 0 Å². The first-order chi connectivity index (χ1) is 14.3. The van der Waals surface area contributed by atoms with Crippen molar-refractivity contribution in [3.05, 3.63) is 17.0 Å². The summed E-state index contributed by atoms with van der Waals surface area (Å²) < 4.78 is 92.8. The zero-order valence-electron chi connectivity index (χ0n) is 15.2. The standard InChI is InChI=1S/C10H15F3N3O12P3S/c11-3-9(12)6(17)10(13,26-7(9)16-2-1-5(14)15-8(16)32)4-25-30(21,22)28-31(23,24)27-29(18,19)20/h1-2,6-7,17H,3-4H2,(H,21,22)(H,23,24)(H2,14,15,32)(H2,18,19,20)/t6-,7-,9?,10-/m1/s1. The van der Waals surface area contributed by atoms with Gasteiger partial charge in [-0.1, -0.05) is 0 Å². The molecule has 1 aliphatic heterocycles. The number of hydrogen-bond acceptors (Lipinski definition) is 11. The first kappa shape index (κ1) is 27.5. The van der Waals surface area contributed by atoms with Crippen LogP contribution >= 0.6 is 35.7 Å². The topological polar surface area (TPSA) is 233 Å². The molecule has 1 aromatic heterocycles. The molecule has 1 aliphatic rings. The molecule has 0 spiro atoms. The Hall–Kier alpha value is -0.780. The van der Waals surface area contributed by atoms with Crippen LogP contribution in [0.4, 0.5) is 19.0 Å². The SMILES string of the molecule is Nc1ccn([C@@H]2O[C@](F)(COP(=O)(O)OP(=O)(O)OP(=O)(O)O)[C@H](O)C2(F)CF)c(=S)n1. The second-order valence-electron chi connectivity index (χ2n) is 6.13. The van der Waals surface area contributed by atoms with Crippen LogP contribution in [0.5, 0.6) is 0 Å². The summed E-state index contributed by atoms with van der Waals surface area (Å²) in [4.78, 5) is 38.9. The van der Waals surface area contributed by atoms with Crippen molar-refractivity contribution in [1.82, 2.24) is 9.55 Å². The minimum Gasteiger partial charge on any atom is -0.384 e. The second-order valence-corrected chi connectivity index (χ2v) is 10.9. The summed E-state index contributed by atoms with van der Waals surface area (Å²) in [6.07, 6.45) is -4.41. The lowest BCUT2D eigenvalue weighted by Crippen LogP contribution is -2.49. The number of alkyl halides is 3. The average Bonchev–Trinajstić information content (AvgIpc) is 2.80. The van der Waals surface area contributed by atoms with Gasteiger partial charge >= 0.3 is 23.5 Å². The average molecular weight is 551 g/mol. The zero-order chi connectivity index (χ0) is 24.8. The van der Waals surface area contributed by atoms with E-state index in [4.69, 9.17) is 32.6 Å². The van der Waals surface area contributed by atoms with Crippen LogP contribution in [-0.2, 0) is 31.6 Å². The highest BCUT2D eigenvalue weighted by molar-refractivity contribution is 7.71. The van der Waals surface area contributed by atoms with Crippen molar-refractivity contribution in [2.45, 2.75) is 23.9 Å². The van der Waals surface area contributed by atoms with Gasteiger partial charge in [-0.3, -0.25) is 9.09 Å². The van der Waals surface area contributed by atoms with Crippen molar-refractivity contribution < 1.29 is 69.4 Å². The first-order valence-electron chi connectivity index (χ1n) is 7.77. The molecule has 15 nitrogen and oxygen atoms in total. The van der Waals surface area contributed by atoms with Gasteiger partial charge < -0.3 is 35.2 Å². The molecule has 7 N–H and O–H groups in total. The van der Waals surface area contributed by atoms with E-state index in [1.54, 1.807) is 0 Å². The Morgan fingerprint density at radius 2 is 1.81 bits per heavy atom. The molecular weight excluding hydrogens is 536 g/mol. The van der Waals surface area contributed by atoms with Gasteiger partial charge in [0.15, 0.2) is 12.3 Å². The lowest BCUT2D eigenvalue weighted by atomic mass is 9.96. The lowest BCUT2D eigenvalue weighted by molar-refractivity contribution is -0.204. The number of phosphoric acid groups is 3. The van der Waals surface area contributed by atoms with Crippen LogP contribution < -0.4 is 5.73 Å². The van der Waals surface area contributed by atoms with Crippen LogP contribution in [0.1, 0.15) is 6.23 Å². The van der Waals surface area contributed by atoms with E-state index in [-0.39, 0.29) is 5.82 Å². The maximum absolute atomic E-state index is 15.1. The summed E-state index contributed by atoms with van der Waals surface area (Å²) in [5.41, 5.74) is 1.84. The Labute approximate surface area is 181 Å². The Balaban J connectivity index is 2.26. The van der Waals surface area contributed by atoms with Crippen molar-refractivity contribution in [2.75, 3.05) is 19.0 Å². The molecule has 1 saturated heterocycles. The van der Waals surface area contributed by atoms with Gasteiger partial charge in [-0.05, 0) is 18.3 Å². The molecule has 6 atom stereocenters. The number of nitrogens with two attached hydrogens (primary N) is 1. The molecule has 22 heteroatoms. The number of nitrogen functional groups attached to an aromatic ring is 1. The zero-order valence-corrected chi connectivity index (χ0v) is 18.7. The van der Waals surface area contributed by atoms with Crippen molar-refractivity contribution in [3.63, 3.8) is 0 Å². The monoisotopic (exact) mass is 551 g/mol. The summed E-state index contributed by atoms with van der Waals surface area (Å²) in [6, 6.07) is 1.05. The Morgan fingerprint density at radius 3 is 2.31 bits per heavy atom. The fraction of sp³-hybridized carbons (Fsp3) is 0.600. The number of anilines is 1. The van der Waals surface area contributed by atoms with Gasteiger partial charge in [-0.2, -0.15) is 8.62 Å². The third-order valence-electron chi connectivity index (χ3n) is 3.73. The number of nitrogens with zero attached hydrogens (tertiary/aromatic N) is 2. The third-order valence-corrected chi connectivity index (χ3v) is 7.82. The second kappa shape index (κ2) is 9.11. The number of hydrogen-bond donors (Lipinski definition) is 6. The van der Waals surface area contributed by atoms with E-state index in [0.717, 1.165) is 12.3 Å². The summed E-state index contributed by atoms with van der Waals surface area (Å²) in [5, 5.41) is 10.00. The molecule has 2 heterocycles. The van der Waals surface area contributed by atoms with E-state index < -0.39 is 65.4 Å². The highest BCUT2D eigenvalue weighted by Gasteiger charge is 2.67. The van der Waals surface area contributed by atoms with Crippen molar-refractivity contribution >= 4 is 41.5 Å². The van der Waals surface area contributed by atoms with Gasteiger partial charge in [0.05, 0.1) is 0 Å². The largest absolute Gasteiger partial charge is 0.490 e. The predicted octanol–water partition coefficient (Wildman–Crippen LogP) is 0.771. The lowest BCUT2D eigenvalue weighted by Gasteiger charge is -2.27. The van der Waals surface area contributed by atoms with Gasteiger partial charge in [-0.25, -0.2) is 31.9 Å². The molecule has 1 aromatic rings. The number of aromatic nitrogens is 2. The number of ether oxygens (including phenoxy) is 1. The van der Waals surface area contributed by atoms with E-state index in [9.17, 15) is 28.1 Å². The summed E-state index contributed by atoms with van der Waals surface area (Å²) >= 11 is 4.79. The smallest absolute Gasteiger partial charge is 0.384 e. The van der Waals surface area contributed by atoms with E-state index in [2.05, 4.69) is 22.9 Å². The van der Waals surface area contributed by atoms with E-state index in [1.807, 2.05) is 0 Å². The quantitative estimate of drug-likeness (QED) is 0.184. The van der Waals surface area contributed by atoms with Crippen LogP contribution in [0.3, 0.4) is 0 Å². The van der Waals surface area contributed by atoms with Crippen molar-refractivity contribution in [2.24, 2.45) is 0 Å². The molecule has 32 heavy (non-hydrogen) atoms. The maximum atomic E-state index is 15.1. The highest BCUT2D eigenvalue weighted by Crippen LogP contribution is 2.66. The summed E-state index contributed by atoms with van der Waals surface area (Å²) in [5.74, 6) is -3.92. The van der Waals surface area contributed by atoms with Gasteiger partial charge in [0.1, 0.15) is 19.1 Å². The molecule has 0 aliphatic carbocycles. The van der Waals surface area contributed by atoms with Crippen molar-refractivity contribution in [3.8, 4) is 0 Å². The molecule has 2 rings (SSSR count). The molecule has 184 valence electrons. The molecule has 3 unspecified atom stereocenters. The molecule has 0 bridgehead atoms. The highest BCUT2D eigenvalue weighted by atomic mass is 32.1. The molecule has 0 aromatic carbocycles. The Kier molecular flexibility index (Phi) is 7.82. The molecular formula is C10H15F3N3O12P3S. The number of halogens is 3. The number of aliphatic hydroxyl groups excluding tert-OH is 1. The Bertz CT molecular complexity index is 1070. The number of phosphoric ester groups is 1. The molecule has 0 amide bonds. The van der Waals surface area contributed by atoms with Gasteiger partial charge in [-0.15, -0.1) is 0 Å². The normalized spacial score (nSPS) is 32.4. The van der Waals surface area contributed by atoms with E-state index in [0.29, 0.717) is 4.57 Å². The summed E-state index contributed by atoms with van der Waals surface area (Å²) in [7, 11) is -17.5. The number of rotatable bonds is 9.